The molecule has 1 aliphatic heterocycles. The zero-order valence-electron chi connectivity index (χ0n) is 10.4. The maximum Gasteiger partial charge on any atom is 0.119 e. The van der Waals surface area contributed by atoms with E-state index in [0.29, 0.717) is 0 Å². The number of rotatable bonds is 6. The Labute approximate surface area is 108 Å². The number of ether oxygens (including phenoxy) is 1. The van der Waals surface area contributed by atoms with Crippen LogP contribution in [0, 0.1) is 5.92 Å². The van der Waals surface area contributed by atoms with Crippen molar-refractivity contribution < 1.29 is 4.74 Å². The molecule has 1 aromatic carbocycles. The highest BCUT2D eigenvalue weighted by molar-refractivity contribution is 7.99. The highest BCUT2D eigenvalue weighted by atomic mass is 32.2. The molecule has 0 amide bonds. The van der Waals surface area contributed by atoms with Crippen molar-refractivity contribution in [2.45, 2.75) is 12.8 Å². The number of methoxy groups -OCH3 is 1. The van der Waals surface area contributed by atoms with E-state index >= 15 is 0 Å². The van der Waals surface area contributed by atoms with Gasteiger partial charge in [-0.2, -0.15) is 11.8 Å². The molecule has 2 nitrogen and oxygen atoms in total. The number of benzene rings is 1. The smallest absolute Gasteiger partial charge is 0.119 e. The van der Waals surface area contributed by atoms with Crippen LogP contribution in [-0.2, 0) is 6.42 Å². The van der Waals surface area contributed by atoms with E-state index in [1.165, 1.54) is 30.0 Å². The van der Waals surface area contributed by atoms with Gasteiger partial charge in [0.05, 0.1) is 7.11 Å². The number of hydrogen-bond acceptors (Lipinski definition) is 3. The van der Waals surface area contributed by atoms with Crippen LogP contribution in [0.2, 0.25) is 0 Å². The minimum atomic E-state index is 0.894. The molecule has 1 saturated heterocycles. The molecular formula is C14H21NOS. The van der Waals surface area contributed by atoms with Gasteiger partial charge in [-0.3, -0.25) is 0 Å². The van der Waals surface area contributed by atoms with Gasteiger partial charge in [-0.1, -0.05) is 12.1 Å². The Morgan fingerprint density at radius 3 is 3.18 bits per heavy atom. The molecule has 0 radical (unpaired) electrons. The molecular weight excluding hydrogens is 230 g/mol. The molecule has 0 bridgehead atoms. The van der Waals surface area contributed by atoms with Crippen LogP contribution in [0.4, 0.5) is 0 Å². The van der Waals surface area contributed by atoms with Crippen molar-refractivity contribution in [1.82, 2.24) is 5.32 Å². The quantitative estimate of drug-likeness (QED) is 0.785. The van der Waals surface area contributed by atoms with Crippen LogP contribution >= 0.6 is 11.8 Å². The highest BCUT2D eigenvalue weighted by Crippen LogP contribution is 2.22. The molecule has 0 aliphatic carbocycles. The molecule has 1 fully saturated rings. The van der Waals surface area contributed by atoms with Crippen molar-refractivity contribution in [3.05, 3.63) is 29.8 Å². The SMILES string of the molecule is COc1cccc(CCNCC2CCSC2)c1. The second-order valence-electron chi connectivity index (χ2n) is 4.54. The van der Waals surface area contributed by atoms with E-state index in [4.69, 9.17) is 4.74 Å². The van der Waals surface area contributed by atoms with E-state index in [9.17, 15) is 0 Å². The lowest BCUT2D eigenvalue weighted by Crippen LogP contribution is -2.24. The summed E-state index contributed by atoms with van der Waals surface area (Å²) in [7, 11) is 1.72. The van der Waals surface area contributed by atoms with Gasteiger partial charge >= 0.3 is 0 Å². The van der Waals surface area contributed by atoms with Crippen molar-refractivity contribution in [2.24, 2.45) is 5.92 Å². The maximum atomic E-state index is 5.22. The summed E-state index contributed by atoms with van der Waals surface area (Å²) in [5, 5.41) is 3.56. The van der Waals surface area contributed by atoms with Gasteiger partial charge in [-0.05, 0) is 61.1 Å². The third-order valence-electron chi connectivity index (χ3n) is 3.18. The summed E-state index contributed by atoms with van der Waals surface area (Å²) in [5.41, 5.74) is 1.35. The number of hydrogen-bond donors (Lipinski definition) is 1. The number of nitrogens with one attached hydrogen (secondary N) is 1. The summed E-state index contributed by atoms with van der Waals surface area (Å²) in [6.07, 6.45) is 2.47. The lowest BCUT2D eigenvalue weighted by Gasteiger charge is -2.10. The molecule has 1 N–H and O–H groups in total. The normalized spacial score (nSPS) is 19.5. The minimum absolute atomic E-state index is 0.894. The first-order valence-corrected chi connectivity index (χ1v) is 7.45. The summed E-state index contributed by atoms with van der Waals surface area (Å²) in [5.74, 6) is 4.54. The Kier molecular flexibility index (Phi) is 5.20. The van der Waals surface area contributed by atoms with Crippen molar-refractivity contribution in [3.8, 4) is 5.75 Å². The zero-order chi connectivity index (χ0) is 11.9. The van der Waals surface area contributed by atoms with Crippen molar-refractivity contribution in [3.63, 3.8) is 0 Å². The van der Waals surface area contributed by atoms with Crippen LogP contribution in [0.1, 0.15) is 12.0 Å². The van der Waals surface area contributed by atoms with Crippen LogP contribution in [-0.4, -0.2) is 31.7 Å². The summed E-state index contributed by atoms with van der Waals surface area (Å²) in [4.78, 5) is 0. The standard InChI is InChI=1S/C14H21NOS/c1-16-14-4-2-3-12(9-14)5-7-15-10-13-6-8-17-11-13/h2-4,9,13,15H,5-8,10-11H2,1H3. The van der Waals surface area contributed by atoms with E-state index in [2.05, 4.69) is 35.3 Å². The molecule has 17 heavy (non-hydrogen) atoms. The van der Waals surface area contributed by atoms with E-state index in [-0.39, 0.29) is 0 Å². The summed E-state index contributed by atoms with van der Waals surface area (Å²) >= 11 is 2.09. The molecule has 1 unspecified atom stereocenters. The molecule has 1 atom stereocenters. The monoisotopic (exact) mass is 251 g/mol. The van der Waals surface area contributed by atoms with Crippen LogP contribution in [0.15, 0.2) is 24.3 Å². The molecule has 0 saturated carbocycles. The summed E-state index contributed by atoms with van der Waals surface area (Å²) in [6.45, 7) is 2.24. The van der Waals surface area contributed by atoms with Gasteiger partial charge in [-0.25, -0.2) is 0 Å². The van der Waals surface area contributed by atoms with Gasteiger partial charge < -0.3 is 10.1 Å². The van der Waals surface area contributed by atoms with Gasteiger partial charge in [0.25, 0.3) is 0 Å². The van der Waals surface area contributed by atoms with E-state index in [0.717, 1.165) is 24.6 Å². The lowest BCUT2D eigenvalue weighted by atomic mass is 10.1. The molecule has 94 valence electrons. The van der Waals surface area contributed by atoms with Gasteiger partial charge in [0.2, 0.25) is 0 Å². The van der Waals surface area contributed by atoms with Crippen LogP contribution < -0.4 is 10.1 Å². The Morgan fingerprint density at radius 1 is 1.47 bits per heavy atom. The molecule has 0 spiro atoms. The van der Waals surface area contributed by atoms with Crippen molar-refractivity contribution >= 4 is 11.8 Å². The second-order valence-corrected chi connectivity index (χ2v) is 5.69. The average Bonchev–Trinajstić information content (AvgIpc) is 2.88. The molecule has 2 rings (SSSR count). The largest absolute Gasteiger partial charge is 0.497 e. The first-order valence-electron chi connectivity index (χ1n) is 6.30. The predicted octanol–water partition coefficient (Wildman–Crippen LogP) is 2.58. The number of thioether (sulfide) groups is 1. The van der Waals surface area contributed by atoms with E-state index in [1.807, 2.05) is 6.07 Å². The third kappa shape index (κ3) is 4.25. The predicted molar refractivity (Wildman–Crippen MR) is 75.0 cm³/mol. The van der Waals surface area contributed by atoms with Crippen LogP contribution in [0.3, 0.4) is 0 Å². The second kappa shape index (κ2) is 6.92. The maximum absolute atomic E-state index is 5.22. The Balaban J connectivity index is 1.66. The van der Waals surface area contributed by atoms with Gasteiger partial charge in [-0.15, -0.1) is 0 Å². The molecule has 1 heterocycles. The summed E-state index contributed by atoms with van der Waals surface area (Å²) < 4.78 is 5.22. The molecule has 3 heteroatoms. The first kappa shape index (κ1) is 12.8. The summed E-state index contributed by atoms with van der Waals surface area (Å²) in [6, 6.07) is 8.33. The molecule has 0 aromatic heterocycles. The fourth-order valence-electron chi connectivity index (χ4n) is 2.11. The molecule has 1 aliphatic rings. The van der Waals surface area contributed by atoms with Gasteiger partial charge in [0, 0.05) is 0 Å². The third-order valence-corrected chi connectivity index (χ3v) is 4.41. The minimum Gasteiger partial charge on any atom is -0.497 e. The van der Waals surface area contributed by atoms with Crippen LogP contribution in [0.5, 0.6) is 5.75 Å². The van der Waals surface area contributed by atoms with Crippen molar-refractivity contribution in [1.29, 1.82) is 0 Å². The fraction of sp³-hybridized carbons (Fsp3) is 0.571. The zero-order valence-corrected chi connectivity index (χ0v) is 11.3. The first-order chi connectivity index (χ1) is 8.38. The van der Waals surface area contributed by atoms with Gasteiger partial charge in [0.1, 0.15) is 5.75 Å². The van der Waals surface area contributed by atoms with Crippen molar-refractivity contribution in [2.75, 3.05) is 31.7 Å². The van der Waals surface area contributed by atoms with Gasteiger partial charge in [0.15, 0.2) is 0 Å². The van der Waals surface area contributed by atoms with E-state index in [1.54, 1.807) is 7.11 Å². The Hall–Kier alpha value is -0.670. The Bertz CT molecular complexity index is 337. The average molecular weight is 251 g/mol. The topological polar surface area (TPSA) is 21.3 Å². The molecule has 1 aromatic rings. The highest BCUT2D eigenvalue weighted by Gasteiger charge is 2.14. The lowest BCUT2D eigenvalue weighted by molar-refractivity contribution is 0.414. The van der Waals surface area contributed by atoms with E-state index < -0.39 is 0 Å². The Morgan fingerprint density at radius 2 is 2.41 bits per heavy atom. The fourth-order valence-corrected chi connectivity index (χ4v) is 3.40. The van der Waals surface area contributed by atoms with Crippen LogP contribution in [0.25, 0.3) is 0 Å².